The highest BCUT2D eigenvalue weighted by Crippen LogP contribution is 2.44. The van der Waals surface area contributed by atoms with E-state index < -0.39 is 6.09 Å². The molecule has 0 spiro atoms. The molecule has 0 saturated carbocycles. The van der Waals surface area contributed by atoms with E-state index in [1.54, 1.807) is 0 Å². The molecule has 150 valence electrons. The van der Waals surface area contributed by atoms with Crippen molar-refractivity contribution in [1.82, 2.24) is 5.32 Å². The lowest BCUT2D eigenvalue weighted by Gasteiger charge is -2.14. The Kier molecular flexibility index (Phi) is 5.72. The smallest absolute Gasteiger partial charge is 0.407 e. The van der Waals surface area contributed by atoms with Crippen LogP contribution in [0.4, 0.5) is 10.5 Å². The van der Waals surface area contributed by atoms with Crippen molar-refractivity contribution in [3.63, 3.8) is 0 Å². The van der Waals surface area contributed by atoms with Crippen molar-refractivity contribution < 1.29 is 9.53 Å². The number of amides is 1. The summed E-state index contributed by atoms with van der Waals surface area (Å²) in [5.41, 5.74) is 13.3. The van der Waals surface area contributed by atoms with E-state index in [4.69, 9.17) is 10.5 Å². The average molecular weight is 396 g/mol. The molecule has 1 amide bonds. The number of carbonyl (C=O) groups is 1. The van der Waals surface area contributed by atoms with E-state index in [1.807, 2.05) is 49.4 Å². The van der Waals surface area contributed by atoms with Gasteiger partial charge in [-0.2, -0.15) is 0 Å². The monoisotopic (exact) mass is 396 g/mol. The van der Waals surface area contributed by atoms with Crippen LogP contribution in [-0.4, -0.2) is 19.2 Å². The summed E-state index contributed by atoms with van der Waals surface area (Å²) in [4.78, 5) is 12.1. The Balaban J connectivity index is 1.29. The largest absolute Gasteiger partial charge is 0.449 e. The molecule has 30 heavy (non-hydrogen) atoms. The number of nitrogens with one attached hydrogen (secondary N) is 1. The molecule has 0 unspecified atom stereocenters. The van der Waals surface area contributed by atoms with Crippen LogP contribution in [0.2, 0.25) is 0 Å². The van der Waals surface area contributed by atoms with E-state index in [-0.39, 0.29) is 5.92 Å². The maximum absolute atomic E-state index is 12.1. The molecule has 0 saturated heterocycles. The number of nitrogen functional groups attached to an aromatic ring is 1. The van der Waals surface area contributed by atoms with Gasteiger partial charge >= 0.3 is 6.09 Å². The topological polar surface area (TPSA) is 64.3 Å². The summed E-state index contributed by atoms with van der Waals surface area (Å²) in [5.74, 6) is 6.20. The number of rotatable bonds is 4. The number of ether oxygens (including phenoxy) is 1. The maximum atomic E-state index is 12.1. The zero-order valence-corrected chi connectivity index (χ0v) is 16.9. The first-order chi connectivity index (χ1) is 14.6. The van der Waals surface area contributed by atoms with Crippen molar-refractivity contribution in [1.29, 1.82) is 0 Å². The Morgan fingerprint density at radius 1 is 1.03 bits per heavy atom. The summed E-state index contributed by atoms with van der Waals surface area (Å²) in [7, 11) is 0. The molecule has 0 aromatic heterocycles. The number of aryl methyl sites for hydroxylation is 1. The van der Waals surface area contributed by atoms with Crippen LogP contribution < -0.4 is 11.1 Å². The Hall–Kier alpha value is -3.71. The normalized spacial score (nSPS) is 11.8. The van der Waals surface area contributed by atoms with Gasteiger partial charge in [0.1, 0.15) is 6.61 Å². The molecule has 4 heteroatoms. The van der Waals surface area contributed by atoms with E-state index in [0.717, 1.165) is 11.1 Å². The molecule has 0 atom stereocenters. The van der Waals surface area contributed by atoms with E-state index in [0.29, 0.717) is 25.3 Å². The van der Waals surface area contributed by atoms with Crippen molar-refractivity contribution in [2.24, 2.45) is 0 Å². The lowest BCUT2D eigenvalue weighted by molar-refractivity contribution is 0.143. The van der Waals surface area contributed by atoms with Crippen molar-refractivity contribution in [3.05, 3.63) is 89.0 Å². The summed E-state index contributed by atoms with van der Waals surface area (Å²) < 4.78 is 5.52. The van der Waals surface area contributed by atoms with Gasteiger partial charge in [0.05, 0.1) is 0 Å². The number of carbonyl (C=O) groups excluding carboxylic acids is 1. The van der Waals surface area contributed by atoms with Gasteiger partial charge in [0.25, 0.3) is 0 Å². The first-order valence-electron chi connectivity index (χ1n) is 10.1. The van der Waals surface area contributed by atoms with Crippen LogP contribution in [-0.2, 0) is 4.74 Å². The molecule has 4 nitrogen and oxygen atoms in total. The molecule has 4 rings (SSSR count). The number of benzene rings is 3. The van der Waals surface area contributed by atoms with Crippen LogP contribution in [0, 0.1) is 18.8 Å². The molecular weight excluding hydrogens is 372 g/mol. The SMILES string of the molecule is Cc1cc(N)cc(C#CCCNC(=O)OCC2c3ccccc3-c3ccccc32)c1. The molecular formula is C26H24N2O2. The Morgan fingerprint density at radius 2 is 1.70 bits per heavy atom. The average Bonchev–Trinajstić information content (AvgIpc) is 3.05. The number of hydrogen-bond donors (Lipinski definition) is 2. The highest BCUT2D eigenvalue weighted by Gasteiger charge is 2.28. The van der Waals surface area contributed by atoms with Crippen molar-refractivity contribution in [2.45, 2.75) is 19.3 Å². The fourth-order valence-corrected chi connectivity index (χ4v) is 3.93. The van der Waals surface area contributed by atoms with Gasteiger partial charge in [0, 0.05) is 30.1 Å². The van der Waals surface area contributed by atoms with Crippen LogP contribution in [0.25, 0.3) is 11.1 Å². The third-order valence-electron chi connectivity index (χ3n) is 5.20. The third kappa shape index (κ3) is 4.31. The number of fused-ring (bicyclic) bond motifs is 3. The first-order valence-corrected chi connectivity index (χ1v) is 10.1. The van der Waals surface area contributed by atoms with Gasteiger partial charge in [-0.25, -0.2) is 4.79 Å². The number of anilines is 1. The second-order valence-electron chi connectivity index (χ2n) is 7.44. The summed E-state index contributed by atoms with van der Waals surface area (Å²) in [6.07, 6.45) is 0.122. The molecule has 3 aromatic rings. The standard InChI is InChI=1S/C26H24N2O2/c1-18-14-19(16-20(27)15-18)8-6-7-13-28-26(29)30-17-25-23-11-4-2-9-21(23)22-10-3-5-12-24(22)25/h2-5,9-12,14-16,25H,7,13,17,27H2,1H3,(H,28,29). The zero-order valence-electron chi connectivity index (χ0n) is 16.9. The first kappa shape index (κ1) is 19.6. The fourth-order valence-electron chi connectivity index (χ4n) is 3.93. The molecule has 0 bridgehead atoms. The van der Waals surface area contributed by atoms with Gasteiger partial charge in [-0.15, -0.1) is 0 Å². The number of hydrogen-bond acceptors (Lipinski definition) is 3. The highest BCUT2D eigenvalue weighted by molar-refractivity contribution is 5.79. The van der Waals surface area contributed by atoms with Gasteiger partial charge in [0.15, 0.2) is 0 Å². The molecule has 3 aromatic carbocycles. The maximum Gasteiger partial charge on any atom is 0.407 e. The third-order valence-corrected chi connectivity index (χ3v) is 5.20. The minimum Gasteiger partial charge on any atom is -0.449 e. The summed E-state index contributed by atoms with van der Waals surface area (Å²) in [6.45, 7) is 2.74. The second kappa shape index (κ2) is 8.75. The molecule has 0 fully saturated rings. The summed E-state index contributed by atoms with van der Waals surface area (Å²) in [6, 6.07) is 22.3. The molecule has 0 radical (unpaired) electrons. The minimum atomic E-state index is -0.418. The number of alkyl carbamates (subject to hydrolysis) is 1. The predicted molar refractivity (Wildman–Crippen MR) is 120 cm³/mol. The molecule has 0 heterocycles. The minimum absolute atomic E-state index is 0.0646. The lowest BCUT2D eigenvalue weighted by atomic mass is 9.98. The Labute approximate surface area is 177 Å². The predicted octanol–water partition coefficient (Wildman–Crippen LogP) is 4.86. The molecule has 0 aliphatic heterocycles. The van der Waals surface area contributed by atoms with Gasteiger partial charge < -0.3 is 15.8 Å². The van der Waals surface area contributed by atoms with Crippen molar-refractivity contribution in [3.8, 4) is 23.0 Å². The number of nitrogens with two attached hydrogens (primary N) is 1. The van der Waals surface area contributed by atoms with Gasteiger partial charge in [-0.1, -0.05) is 60.4 Å². The zero-order chi connectivity index (χ0) is 20.9. The lowest BCUT2D eigenvalue weighted by Crippen LogP contribution is -2.26. The van der Waals surface area contributed by atoms with Crippen LogP contribution in [0.15, 0.2) is 66.7 Å². The van der Waals surface area contributed by atoms with Gasteiger partial charge in [0.2, 0.25) is 0 Å². The van der Waals surface area contributed by atoms with Crippen molar-refractivity contribution >= 4 is 11.8 Å². The molecule has 1 aliphatic rings. The van der Waals surface area contributed by atoms with E-state index >= 15 is 0 Å². The van der Waals surface area contributed by atoms with Crippen LogP contribution in [0.3, 0.4) is 0 Å². The van der Waals surface area contributed by atoms with Crippen molar-refractivity contribution in [2.75, 3.05) is 18.9 Å². The highest BCUT2D eigenvalue weighted by atomic mass is 16.5. The fraction of sp³-hybridized carbons (Fsp3) is 0.192. The molecule has 3 N–H and O–H groups in total. The molecule has 1 aliphatic carbocycles. The Morgan fingerprint density at radius 3 is 2.37 bits per heavy atom. The van der Waals surface area contributed by atoms with E-state index in [9.17, 15) is 4.79 Å². The quantitative estimate of drug-likeness (QED) is 0.376. The van der Waals surface area contributed by atoms with E-state index in [1.165, 1.54) is 22.3 Å². The Bertz CT molecular complexity index is 1080. The van der Waals surface area contributed by atoms with Gasteiger partial charge in [-0.3, -0.25) is 0 Å². The van der Waals surface area contributed by atoms with Crippen LogP contribution >= 0.6 is 0 Å². The summed E-state index contributed by atoms with van der Waals surface area (Å²) >= 11 is 0. The van der Waals surface area contributed by atoms with Crippen LogP contribution in [0.1, 0.15) is 34.6 Å². The second-order valence-corrected chi connectivity index (χ2v) is 7.44. The van der Waals surface area contributed by atoms with Gasteiger partial charge in [-0.05, 0) is 52.9 Å². The summed E-state index contributed by atoms with van der Waals surface area (Å²) in [5, 5.41) is 2.78. The van der Waals surface area contributed by atoms with Crippen LogP contribution in [0.5, 0.6) is 0 Å². The van der Waals surface area contributed by atoms with E-state index in [2.05, 4.69) is 41.4 Å².